The number of hydrogen-bond donors (Lipinski definition) is 2. The maximum Gasteiger partial charge on any atom is 0.193 e. The molecule has 4 nitrogen and oxygen atoms in total. The maximum atomic E-state index is 5.85. The molecule has 1 aliphatic heterocycles. The molecule has 0 aromatic heterocycles. The highest BCUT2D eigenvalue weighted by molar-refractivity contribution is 5.92. The lowest BCUT2D eigenvalue weighted by molar-refractivity contribution is 0.228. The molecule has 0 bridgehead atoms. The van der Waals surface area contributed by atoms with Crippen LogP contribution in [0.4, 0.5) is 5.69 Å². The molecule has 4 heteroatoms. The van der Waals surface area contributed by atoms with Crippen molar-refractivity contribution < 1.29 is 0 Å². The number of rotatable bonds is 5. The van der Waals surface area contributed by atoms with Gasteiger partial charge in [-0.3, -0.25) is 4.99 Å². The summed E-state index contributed by atoms with van der Waals surface area (Å²) in [6.45, 7) is 4.44. The molecule has 19 heavy (non-hydrogen) atoms. The van der Waals surface area contributed by atoms with Gasteiger partial charge in [-0.25, -0.2) is 0 Å². The number of benzene rings is 1. The number of guanidine groups is 1. The normalized spacial score (nSPS) is 17.4. The van der Waals surface area contributed by atoms with Gasteiger partial charge < -0.3 is 16.0 Å². The Hall–Kier alpha value is -1.55. The zero-order valence-corrected chi connectivity index (χ0v) is 11.5. The number of piperidine rings is 1. The van der Waals surface area contributed by atoms with Gasteiger partial charge in [0.2, 0.25) is 0 Å². The van der Waals surface area contributed by atoms with Crippen LogP contribution in [0.2, 0.25) is 0 Å². The Balaban J connectivity index is 1.64. The monoisotopic (exact) mass is 260 g/mol. The van der Waals surface area contributed by atoms with E-state index in [-0.39, 0.29) is 0 Å². The molecule has 0 saturated carbocycles. The third-order valence-corrected chi connectivity index (χ3v) is 3.41. The summed E-state index contributed by atoms with van der Waals surface area (Å²) in [5.74, 6) is 0.504. The van der Waals surface area contributed by atoms with E-state index in [2.05, 4.69) is 15.2 Å². The summed E-state index contributed by atoms with van der Waals surface area (Å²) in [5.41, 5.74) is 6.84. The summed E-state index contributed by atoms with van der Waals surface area (Å²) in [7, 11) is 0. The predicted molar refractivity (Wildman–Crippen MR) is 81.5 cm³/mol. The average molecular weight is 260 g/mol. The van der Waals surface area contributed by atoms with Gasteiger partial charge in [0.1, 0.15) is 0 Å². The maximum absolute atomic E-state index is 5.85. The summed E-state index contributed by atoms with van der Waals surface area (Å²) < 4.78 is 0. The number of aliphatic imine (C=N–C) groups is 1. The van der Waals surface area contributed by atoms with Crippen molar-refractivity contribution in [1.82, 2.24) is 4.90 Å². The largest absolute Gasteiger partial charge is 0.370 e. The molecule has 0 radical (unpaired) electrons. The van der Waals surface area contributed by atoms with Crippen molar-refractivity contribution >= 4 is 11.6 Å². The van der Waals surface area contributed by atoms with E-state index in [1.54, 1.807) is 0 Å². The van der Waals surface area contributed by atoms with E-state index in [0.29, 0.717) is 5.96 Å². The molecule has 0 spiro atoms. The molecule has 104 valence electrons. The Labute approximate surface area is 115 Å². The first kappa shape index (κ1) is 13.9. The molecule has 1 aromatic carbocycles. The van der Waals surface area contributed by atoms with Crippen LogP contribution in [0, 0.1) is 0 Å². The van der Waals surface area contributed by atoms with E-state index in [1.807, 2.05) is 30.3 Å². The van der Waals surface area contributed by atoms with Crippen LogP contribution in [0.3, 0.4) is 0 Å². The van der Waals surface area contributed by atoms with Crippen molar-refractivity contribution in [3.05, 3.63) is 30.3 Å². The van der Waals surface area contributed by atoms with Crippen molar-refractivity contribution in [2.24, 2.45) is 10.7 Å². The second-order valence-electron chi connectivity index (χ2n) is 5.01. The Morgan fingerprint density at radius 2 is 1.89 bits per heavy atom. The van der Waals surface area contributed by atoms with Gasteiger partial charge in [-0.1, -0.05) is 24.6 Å². The zero-order valence-electron chi connectivity index (χ0n) is 11.5. The summed E-state index contributed by atoms with van der Waals surface area (Å²) in [6.07, 6.45) is 5.17. The molecule has 1 saturated heterocycles. The first-order chi connectivity index (χ1) is 9.34. The summed E-state index contributed by atoms with van der Waals surface area (Å²) >= 11 is 0. The minimum Gasteiger partial charge on any atom is -0.370 e. The lowest BCUT2D eigenvalue weighted by Gasteiger charge is -2.25. The van der Waals surface area contributed by atoms with Gasteiger partial charge in [0.05, 0.1) is 0 Å². The molecule has 2 rings (SSSR count). The van der Waals surface area contributed by atoms with E-state index in [9.17, 15) is 0 Å². The smallest absolute Gasteiger partial charge is 0.193 e. The Morgan fingerprint density at radius 3 is 2.63 bits per heavy atom. The first-order valence-corrected chi connectivity index (χ1v) is 7.19. The molecule has 1 aliphatic rings. The quantitative estimate of drug-likeness (QED) is 0.485. The summed E-state index contributed by atoms with van der Waals surface area (Å²) in [4.78, 5) is 6.89. The number of nitrogens with one attached hydrogen (secondary N) is 1. The molecular formula is C15H24N4. The van der Waals surface area contributed by atoms with Gasteiger partial charge in [-0.15, -0.1) is 0 Å². The van der Waals surface area contributed by atoms with Gasteiger partial charge in [-0.2, -0.15) is 0 Å². The third kappa shape index (κ3) is 5.30. The van der Waals surface area contributed by atoms with Gasteiger partial charge in [0, 0.05) is 12.2 Å². The lowest BCUT2D eigenvalue weighted by Crippen LogP contribution is -2.31. The second-order valence-corrected chi connectivity index (χ2v) is 5.01. The van der Waals surface area contributed by atoms with Crippen molar-refractivity contribution in [1.29, 1.82) is 0 Å². The van der Waals surface area contributed by atoms with Crippen LogP contribution in [0.15, 0.2) is 35.3 Å². The van der Waals surface area contributed by atoms with Crippen molar-refractivity contribution in [3.8, 4) is 0 Å². The average Bonchev–Trinajstić information content (AvgIpc) is 2.46. The van der Waals surface area contributed by atoms with Crippen LogP contribution in [-0.4, -0.2) is 37.0 Å². The van der Waals surface area contributed by atoms with Gasteiger partial charge in [0.25, 0.3) is 0 Å². The Morgan fingerprint density at radius 1 is 1.16 bits per heavy atom. The zero-order chi connectivity index (χ0) is 13.3. The Bertz CT molecular complexity index is 382. The van der Waals surface area contributed by atoms with Crippen LogP contribution in [0.1, 0.15) is 25.7 Å². The number of nitrogens with two attached hydrogens (primary N) is 1. The number of para-hydroxylation sites is 1. The van der Waals surface area contributed by atoms with E-state index >= 15 is 0 Å². The van der Waals surface area contributed by atoms with Gasteiger partial charge in [-0.05, 0) is 51.0 Å². The van der Waals surface area contributed by atoms with E-state index in [0.717, 1.165) is 25.2 Å². The number of likely N-dealkylation sites (tertiary alicyclic amines) is 1. The number of anilines is 1. The molecule has 0 unspecified atom stereocenters. The molecule has 1 fully saturated rings. The Kier molecular flexibility index (Phi) is 5.69. The molecule has 0 aliphatic carbocycles. The molecule has 1 heterocycles. The molecule has 3 N–H and O–H groups in total. The lowest BCUT2D eigenvalue weighted by atomic mass is 10.1. The minimum absolute atomic E-state index is 0.504. The topological polar surface area (TPSA) is 53.6 Å². The van der Waals surface area contributed by atoms with Gasteiger partial charge >= 0.3 is 0 Å². The molecule has 0 atom stereocenters. The fraction of sp³-hybridized carbons (Fsp3) is 0.533. The summed E-state index contributed by atoms with van der Waals surface area (Å²) in [5, 5.41) is 3.09. The minimum atomic E-state index is 0.504. The molecule has 1 aromatic rings. The van der Waals surface area contributed by atoms with Crippen LogP contribution in [0.5, 0.6) is 0 Å². The van der Waals surface area contributed by atoms with E-state index in [1.165, 1.54) is 32.4 Å². The highest BCUT2D eigenvalue weighted by Crippen LogP contribution is 2.08. The van der Waals surface area contributed by atoms with Crippen molar-refractivity contribution in [2.75, 3.05) is 31.5 Å². The molecular weight excluding hydrogens is 236 g/mol. The van der Waals surface area contributed by atoms with Crippen LogP contribution in [-0.2, 0) is 0 Å². The predicted octanol–water partition coefficient (Wildman–Crippen LogP) is 2.29. The number of nitrogens with zero attached hydrogens (tertiary/aromatic N) is 2. The van der Waals surface area contributed by atoms with Crippen molar-refractivity contribution in [3.63, 3.8) is 0 Å². The van der Waals surface area contributed by atoms with Crippen LogP contribution in [0.25, 0.3) is 0 Å². The SMILES string of the molecule is NC(=NCCCN1CCCCC1)Nc1ccccc1. The standard InChI is InChI=1S/C15H24N4/c16-15(18-14-8-3-1-4-9-14)17-10-7-13-19-11-5-2-6-12-19/h1,3-4,8-9H,2,5-7,10-13H2,(H3,16,17,18). The number of hydrogen-bond acceptors (Lipinski definition) is 2. The van der Waals surface area contributed by atoms with E-state index in [4.69, 9.17) is 5.73 Å². The fourth-order valence-electron chi connectivity index (χ4n) is 2.39. The third-order valence-electron chi connectivity index (χ3n) is 3.41. The molecule has 0 amide bonds. The summed E-state index contributed by atoms with van der Waals surface area (Å²) in [6, 6.07) is 9.90. The highest BCUT2D eigenvalue weighted by atomic mass is 15.1. The second kappa shape index (κ2) is 7.79. The van der Waals surface area contributed by atoms with Crippen molar-refractivity contribution in [2.45, 2.75) is 25.7 Å². The fourth-order valence-corrected chi connectivity index (χ4v) is 2.39. The van der Waals surface area contributed by atoms with Crippen LogP contribution >= 0.6 is 0 Å². The highest BCUT2D eigenvalue weighted by Gasteiger charge is 2.08. The van der Waals surface area contributed by atoms with Gasteiger partial charge in [0.15, 0.2) is 5.96 Å². The first-order valence-electron chi connectivity index (χ1n) is 7.19. The van der Waals surface area contributed by atoms with Crippen LogP contribution < -0.4 is 11.1 Å². The van der Waals surface area contributed by atoms with E-state index < -0.39 is 0 Å².